The van der Waals surface area contributed by atoms with Crippen molar-refractivity contribution in [2.45, 2.75) is 20.5 Å². The summed E-state index contributed by atoms with van der Waals surface area (Å²) >= 11 is 0. The van der Waals surface area contributed by atoms with Crippen LogP contribution in [0.25, 0.3) is 11.5 Å². The van der Waals surface area contributed by atoms with Gasteiger partial charge in [-0.2, -0.15) is 0 Å². The molecule has 0 aliphatic rings. The van der Waals surface area contributed by atoms with Gasteiger partial charge in [-0.1, -0.05) is 0 Å². The number of nitrogens with zero attached hydrogens (tertiary/aromatic N) is 2. The third-order valence-corrected chi connectivity index (χ3v) is 3.85. The van der Waals surface area contributed by atoms with Gasteiger partial charge in [-0.15, -0.1) is 10.2 Å². The van der Waals surface area contributed by atoms with Gasteiger partial charge in [0, 0.05) is 18.1 Å². The number of ether oxygens (including phenoxy) is 2. The number of carbonyl (C=O) groups excluding carboxylic acids is 2. The second-order valence-electron chi connectivity index (χ2n) is 5.97. The van der Waals surface area contributed by atoms with Crippen LogP contribution in [-0.2, 0) is 11.4 Å². The Labute approximate surface area is 161 Å². The third-order valence-electron chi connectivity index (χ3n) is 3.85. The second-order valence-corrected chi connectivity index (χ2v) is 5.97. The smallest absolute Gasteiger partial charge is 0.254 e. The maximum atomic E-state index is 11.6. The first-order chi connectivity index (χ1) is 13.5. The summed E-state index contributed by atoms with van der Waals surface area (Å²) in [4.78, 5) is 23.0. The van der Waals surface area contributed by atoms with Gasteiger partial charge >= 0.3 is 0 Å². The largest absolute Gasteiger partial charge is 0.497 e. The van der Waals surface area contributed by atoms with E-state index in [0.29, 0.717) is 22.9 Å². The number of rotatable bonds is 7. The first-order valence-electron chi connectivity index (χ1n) is 8.48. The van der Waals surface area contributed by atoms with Crippen LogP contribution < -0.4 is 14.8 Å². The molecule has 0 unspecified atom stereocenters. The second kappa shape index (κ2) is 8.34. The van der Waals surface area contributed by atoms with Gasteiger partial charge in [0.05, 0.1) is 12.8 Å². The third kappa shape index (κ3) is 4.53. The Hall–Kier alpha value is -3.68. The van der Waals surface area contributed by atoms with Gasteiger partial charge in [0.25, 0.3) is 5.89 Å². The maximum absolute atomic E-state index is 11.6. The van der Waals surface area contributed by atoms with Gasteiger partial charge in [0.2, 0.25) is 11.8 Å². The topological polar surface area (TPSA) is 104 Å². The zero-order valence-corrected chi connectivity index (χ0v) is 15.7. The molecule has 0 bridgehead atoms. The van der Waals surface area contributed by atoms with E-state index in [1.54, 1.807) is 37.4 Å². The standard InChI is InChI=1S/C20H19N3O5/c1-12(24)15-6-9-17(21-13(2)25)18(10-15)27-11-19-22-23-20(28-19)14-4-7-16(26-3)8-5-14/h4-10H,11H2,1-3H3,(H,21,25). The van der Waals surface area contributed by atoms with Crippen molar-refractivity contribution in [3.05, 3.63) is 53.9 Å². The number of Topliss-reactive ketones (excluding diaryl/α,β-unsaturated/α-hetero) is 1. The molecule has 8 nitrogen and oxygen atoms in total. The molecular formula is C20H19N3O5. The van der Waals surface area contributed by atoms with Crippen molar-refractivity contribution in [2.24, 2.45) is 0 Å². The Morgan fingerprint density at radius 1 is 1.07 bits per heavy atom. The summed E-state index contributed by atoms with van der Waals surface area (Å²) < 4.78 is 16.5. The van der Waals surface area contributed by atoms with Gasteiger partial charge in [-0.25, -0.2) is 0 Å². The average molecular weight is 381 g/mol. The number of amides is 1. The van der Waals surface area contributed by atoms with E-state index in [4.69, 9.17) is 13.9 Å². The lowest BCUT2D eigenvalue weighted by molar-refractivity contribution is -0.114. The molecule has 1 aromatic heterocycles. The van der Waals surface area contributed by atoms with E-state index in [1.165, 1.54) is 13.8 Å². The fraction of sp³-hybridized carbons (Fsp3) is 0.200. The van der Waals surface area contributed by atoms with Crippen LogP contribution in [0.1, 0.15) is 30.1 Å². The quantitative estimate of drug-likeness (QED) is 0.625. The van der Waals surface area contributed by atoms with Crippen LogP contribution in [0.2, 0.25) is 0 Å². The zero-order valence-electron chi connectivity index (χ0n) is 15.7. The molecule has 3 aromatic rings. The van der Waals surface area contributed by atoms with Crippen molar-refractivity contribution >= 4 is 17.4 Å². The molecule has 0 spiro atoms. The lowest BCUT2D eigenvalue weighted by Crippen LogP contribution is -2.09. The lowest BCUT2D eigenvalue weighted by atomic mass is 10.1. The first kappa shape index (κ1) is 19.1. The molecule has 2 aromatic carbocycles. The van der Waals surface area contributed by atoms with E-state index in [1.807, 2.05) is 12.1 Å². The van der Waals surface area contributed by atoms with E-state index in [9.17, 15) is 9.59 Å². The van der Waals surface area contributed by atoms with Crippen LogP contribution in [0.15, 0.2) is 46.9 Å². The van der Waals surface area contributed by atoms with Crippen LogP contribution in [0.4, 0.5) is 5.69 Å². The molecule has 1 amide bonds. The van der Waals surface area contributed by atoms with E-state index in [-0.39, 0.29) is 24.2 Å². The molecule has 0 fully saturated rings. The first-order valence-corrected chi connectivity index (χ1v) is 8.48. The van der Waals surface area contributed by atoms with Crippen LogP contribution >= 0.6 is 0 Å². The number of ketones is 1. The number of aromatic nitrogens is 2. The van der Waals surface area contributed by atoms with Crippen LogP contribution in [0, 0.1) is 0 Å². The molecule has 0 atom stereocenters. The molecule has 3 rings (SSSR count). The fourth-order valence-electron chi connectivity index (χ4n) is 2.46. The predicted octanol–water partition coefficient (Wildman–Crippen LogP) is 3.49. The van der Waals surface area contributed by atoms with Crippen molar-refractivity contribution in [1.29, 1.82) is 0 Å². The highest BCUT2D eigenvalue weighted by Crippen LogP contribution is 2.28. The Morgan fingerprint density at radius 2 is 1.82 bits per heavy atom. The number of carbonyl (C=O) groups is 2. The van der Waals surface area contributed by atoms with Gasteiger partial charge in [-0.05, 0) is 49.4 Å². The number of hydrogen-bond donors (Lipinski definition) is 1. The molecule has 1 N–H and O–H groups in total. The van der Waals surface area contributed by atoms with Gasteiger partial charge in [0.1, 0.15) is 11.5 Å². The van der Waals surface area contributed by atoms with E-state index in [2.05, 4.69) is 15.5 Å². The summed E-state index contributed by atoms with van der Waals surface area (Å²) in [5.74, 6) is 1.31. The summed E-state index contributed by atoms with van der Waals surface area (Å²) in [7, 11) is 1.59. The molecule has 1 heterocycles. The summed E-state index contributed by atoms with van der Waals surface area (Å²) in [5.41, 5.74) is 1.66. The number of nitrogens with one attached hydrogen (secondary N) is 1. The van der Waals surface area contributed by atoms with Crippen LogP contribution in [0.5, 0.6) is 11.5 Å². The minimum absolute atomic E-state index is 0.0168. The molecule has 144 valence electrons. The van der Waals surface area contributed by atoms with Crippen LogP contribution in [-0.4, -0.2) is 29.0 Å². The maximum Gasteiger partial charge on any atom is 0.254 e. The highest BCUT2D eigenvalue weighted by molar-refractivity contribution is 5.96. The Bertz CT molecular complexity index is 995. The summed E-state index contributed by atoms with van der Waals surface area (Å²) in [5, 5.41) is 10.6. The van der Waals surface area contributed by atoms with Gasteiger partial charge in [0.15, 0.2) is 12.4 Å². The molecule has 0 saturated carbocycles. The molecule has 0 radical (unpaired) electrons. The normalized spacial score (nSPS) is 10.4. The SMILES string of the molecule is COc1ccc(-c2nnc(COc3cc(C(C)=O)ccc3NC(C)=O)o2)cc1. The average Bonchev–Trinajstić information content (AvgIpc) is 3.15. The van der Waals surface area contributed by atoms with E-state index >= 15 is 0 Å². The van der Waals surface area contributed by atoms with E-state index < -0.39 is 0 Å². The van der Waals surface area contributed by atoms with Crippen molar-refractivity contribution in [3.63, 3.8) is 0 Å². The van der Waals surface area contributed by atoms with Gasteiger partial charge < -0.3 is 19.2 Å². The van der Waals surface area contributed by atoms with Crippen LogP contribution in [0.3, 0.4) is 0 Å². The van der Waals surface area contributed by atoms with Crippen molar-refractivity contribution in [3.8, 4) is 23.0 Å². The minimum atomic E-state index is -0.250. The summed E-state index contributed by atoms with van der Waals surface area (Å²) in [6.45, 7) is 2.83. The van der Waals surface area contributed by atoms with E-state index in [0.717, 1.165) is 11.3 Å². The number of hydrogen-bond acceptors (Lipinski definition) is 7. The molecule has 0 saturated heterocycles. The zero-order chi connectivity index (χ0) is 20.1. The monoisotopic (exact) mass is 381 g/mol. The van der Waals surface area contributed by atoms with Crippen molar-refractivity contribution in [2.75, 3.05) is 12.4 Å². The molecular weight excluding hydrogens is 362 g/mol. The summed E-state index contributed by atoms with van der Waals surface area (Å²) in [6.07, 6.45) is 0. The van der Waals surface area contributed by atoms with Gasteiger partial charge in [-0.3, -0.25) is 9.59 Å². The Balaban J connectivity index is 1.76. The minimum Gasteiger partial charge on any atom is -0.497 e. The molecule has 0 aliphatic heterocycles. The number of benzene rings is 2. The fourth-order valence-corrected chi connectivity index (χ4v) is 2.46. The Kier molecular flexibility index (Phi) is 5.69. The Morgan fingerprint density at radius 3 is 2.46 bits per heavy atom. The highest BCUT2D eigenvalue weighted by Gasteiger charge is 2.13. The van der Waals surface area contributed by atoms with Crippen molar-refractivity contribution in [1.82, 2.24) is 10.2 Å². The number of methoxy groups -OCH3 is 1. The van der Waals surface area contributed by atoms with Crippen molar-refractivity contribution < 1.29 is 23.5 Å². The summed E-state index contributed by atoms with van der Waals surface area (Å²) in [6, 6.07) is 12.0. The highest BCUT2D eigenvalue weighted by atomic mass is 16.5. The predicted molar refractivity (Wildman–Crippen MR) is 101 cm³/mol. The molecule has 28 heavy (non-hydrogen) atoms. The lowest BCUT2D eigenvalue weighted by Gasteiger charge is -2.11. The number of anilines is 1. The molecule has 8 heteroatoms. The molecule has 0 aliphatic carbocycles.